The van der Waals surface area contributed by atoms with Crippen molar-refractivity contribution in [3.63, 3.8) is 0 Å². The van der Waals surface area contributed by atoms with E-state index in [0.717, 1.165) is 24.1 Å². The average Bonchev–Trinajstić information content (AvgIpc) is 3.17. The summed E-state index contributed by atoms with van der Waals surface area (Å²) in [4.78, 5) is 27.0. The van der Waals surface area contributed by atoms with E-state index in [1.54, 1.807) is 22.6 Å². The number of rotatable bonds is 5. The summed E-state index contributed by atoms with van der Waals surface area (Å²) < 4.78 is 1.57. The molecule has 0 spiro atoms. The van der Waals surface area contributed by atoms with E-state index in [9.17, 15) is 19.8 Å². The Hall–Kier alpha value is -3.88. The molecule has 0 fully saturated rings. The number of carbonyl (C=O) groups is 2. The Labute approximate surface area is 198 Å². The van der Waals surface area contributed by atoms with E-state index < -0.39 is 5.91 Å². The number of fused-ring (bicyclic) bond motifs is 1. The third kappa shape index (κ3) is 4.09. The molecule has 1 aliphatic heterocycles. The fraction of sp³-hybridized carbons (Fsp3) is 0.360. The highest BCUT2D eigenvalue weighted by atomic mass is 16.3. The lowest BCUT2D eigenvalue weighted by atomic mass is 9.98. The lowest BCUT2D eigenvalue weighted by Gasteiger charge is -2.20. The Morgan fingerprint density at radius 2 is 1.88 bits per heavy atom. The first-order valence-electron chi connectivity index (χ1n) is 11.4. The van der Waals surface area contributed by atoms with Crippen LogP contribution in [0.5, 0.6) is 11.5 Å². The Morgan fingerprint density at radius 1 is 1.12 bits per heavy atom. The van der Waals surface area contributed by atoms with Crippen LogP contribution in [0.25, 0.3) is 17.1 Å². The molecule has 9 heteroatoms. The van der Waals surface area contributed by atoms with Crippen molar-refractivity contribution in [3.05, 3.63) is 47.3 Å². The molecule has 1 aromatic heterocycles. The zero-order valence-corrected chi connectivity index (χ0v) is 19.8. The first-order chi connectivity index (χ1) is 16.2. The molecule has 0 unspecified atom stereocenters. The van der Waals surface area contributed by atoms with E-state index in [1.807, 2.05) is 39.0 Å². The van der Waals surface area contributed by atoms with Gasteiger partial charge in [-0.25, -0.2) is 0 Å². The van der Waals surface area contributed by atoms with Crippen molar-refractivity contribution in [2.45, 2.75) is 46.0 Å². The van der Waals surface area contributed by atoms with Gasteiger partial charge in [-0.1, -0.05) is 19.9 Å². The van der Waals surface area contributed by atoms with Crippen LogP contribution >= 0.6 is 0 Å². The summed E-state index contributed by atoms with van der Waals surface area (Å²) in [6, 6.07) is 8.59. The van der Waals surface area contributed by atoms with Gasteiger partial charge in [0.1, 0.15) is 11.5 Å². The van der Waals surface area contributed by atoms with Crippen LogP contribution in [0.3, 0.4) is 0 Å². The number of benzene rings is 2. The molecule has 0 aliphatic carbocycles. The number of phenolic OH excluding ortho intramolecular Hbond substituents is 2. The molecule has 178 valence electrons. The van der Waals surface area contributed by atoms with E-state index in [2.05, 4.69) is 15.5 Å². The Balaban J connectivity index is 1.96. The second-order valence-electron chi connectivity index (χ2n) is 8.74. The van der Waals surface area contributed by atoms with Gasteiger partial charge in [-0.2, -0.15) is 0 Å². The molecule has 2 aromatic carbocycles. The SMILES string of the molecule is CCNC(=O)c1nnc(-c2cc(C(C)C)c(O)cc2O)n1-c1ccc2c(c1)N(C)C(=O)CCC2. The van der Waals surface area contributed by atoms with E-state index in [1.165, 1.54) is 6.07 Å². The molecule has 0 radical (unpaired) electrons. The summed E-state index contributed by atoms with van der Waals surface area (Å²) in [6.45, 7) is 6.08. The summed E-state index contributed by atoms with van der Waals surface area (Å²) in [5.74, 6) is -0.284. The van der Waals surface area contributed by atoms with Crippen LogP contribution in [0.15, 0.2) is 30.3 Å². The summed E-state index contributed by atoms with van der Waals surface area (Å²) >= 11 is 0. The van der Waals surface area contributed by atoms with Gasteiger partial charge in [-0.15, -0.1) is 10.2 Å². The fourth-order valence-electron chi connectivity index (χ4n) is 4.27. The molecule has 1 aliphatic rings. The molecular formula is C25H29N5O4. The zero-order valence-electron chi connectivity index (χ0n) is 19.8. The average molecular weight is 464 g/mol. The second-order valence-corrected chi connectivity index (χ2v) is 8.74. The molecule has 4 rings (SSSR count). The van der Waals surface area contributed by atoms with Crippen LogP contribution in [-0.2, 0) is 11.2 Å². The number of nitrogens with zero attached hydrogens (tertiary/aromatic N) is 4. The maximum atomic E-state index is 12.9. The highest BCUT2D eigenvalue weighted by molar-refractivity contribution is 5.95. The van der Waals surface area contributed by atoms with Crippen LogP contribution in [0.4, 0.5) is 5.69 Å². The largest absolute Gasteiger partial charge is 0.508 e. The van der Waals surface area contributed by atoms with Crippen molar-refractivity contribution < 1.29 is 19.8 Å². The first kappa shape index (κ1) is 23.3. The van der Waals surface area contributed by atoms with Gasteiger partial charge in [0.05, 0.1) is 11.3 Å². The van der Waals surface area contributed by atoms with Crippen LogP contribution in [0.2, 0.25) is 0 Å². The van der Waals surface area contributed by atoms with E-state index in [4.69, 9.17) is 0 Å². The van der Waals surface area contributed by atoms with Crippen molar-refractivity contribution in [1.29, 1.82) is 0 Å². The van der Waals surface area contributed by atoms with Crippen LogP contribution in [0, 0.1) is 0 Å². The van der Waals surface area contributed by atoms with Gasteiger partial charge < -0.3 is 20.4 Å². The number of aromatic nitrogens is 3. The monoisotopic (exact) mass is 463 g/mol. The predicted octanol–water partition coefficient (Wildman–Crippen LogP) is 3.52. The van der Waals surface area contributed by atoms with Crippen molar-refractivity contribution in [3.8, 4) is 28.6 Å². The number of amides is 2. The topological polar surface area (TPSA) is 121 Å². The maximum Gasteiger partial charge on any atom is 0.289 e. The van der Waals surface area contributed by atoms with Crippen molar-refractivity contribution >= 4 is 17.5 Å². The predicted molar refractivity (Wildman–Crippen MR) is 129 cm³/mol. The van der Waals surface area contributed by atoms with Gasteiger partial charge in [-0.3, -0.25) is 14.2 Å². The van der Waals surface area contributed by atoms with Crippen molar-refractivity contribution in [2.24, 2.45) is 0 Å². The molecule has 3 aromatic rings. The quantitative estimate of drug-likeness (QED) is 0.532. The van der Waals surface area contributed by atoms with Gasteiger partial charge in [0.25, 0.3) is 5.91 Å². The molecule has 3 N–H and O–H groups in total. The van der Waals surface area contributed by atoms with Crippen LogP contribution < -0.4 is 10.2 Å². The van der Waals surface area contributed by atoms with Gasteiger partial charge in [0.2, 0.25) is 11.7 Å². The van der Waals surface area contributed by atoms with Gasteiger partial charge >= 0.3 is 0 Å². The second kappa shape index (κ2) is 9.17. The molecule has 2 heterocycles. The molecule has 2 amide bonds. The maximum absolute atomic E-state index is 12.9. The lowest BCUT2D eigenvalue weighted by molar-refractivity contribution is -0.118. The van der Waals surface area contributed by atoms with Gasteiger partial charge in [-0.05, 0) is 55.0 Å². The minimum absolute atomic E-state index is 0.00858. The summed E-state index contributed by atoms with van der Waals surface area (Å²) in [7, 11) is 1.74. The molecule has 34 heavy (non-hydrogen) atoms. The van der Waals surface area contributed by atoms with E-state index in [0.29, 0.717) is 29.8 Å². The fourth-order valence-corrected chi connectivity index (χ4v) is 4.27. The number of hydrogen-bond donors (Lipinski definition) is 3. The Bertz CT molecular complexity index is 1260. The van der Waals surface area contributed by atoms with Crippen molar-refractivity contribution in [2.75, 3.05) is 18.5 Å². The van der Waals surface area contributed by atoms with Gasteiger partial charge in [0, 0.05) is 31.8 Å². The Kier molecular flexibility index (Phi) is 6.28. The van der Waals surface area contributed by atoms with E-state index in [-0.39, 0.29) is 35.0 Å². The molecule has 0 bridgehead atoms. The summed E-state index contributed by atoms with van der Waals surface area (Å²) in [5, 5.41) is 32.1. The first-order valence-corrected chi connectivity index (χ1v) is 11.4. The molecule has 0 saturated heterocycles. The number of aryl methyl sites for hydroxylation is 1. The number of carbonyl (C=O) groups excluding carboxylic acids is 2. The summed E-state index contributed by atoms with van der Waals surface area (Å²) in [6.07, 6.45) is 2.03. The number of anilines is 1. The zero-order chi connectivity index (χ0) is 24.6. The minimum Gasteiger partial charge on any atom is -0.508 e. The minimum atomic E-state index is -0.414. The van der Waals surface area contributed by atoms with Crippen molar-refractivity contribution in [1.82, 2.24) is 20.1 Å². The highest BCUT2D eigenvalue weighted by Gasteiger charge is 2.26. The third-order valence-corrected chi connectivity index (χ3v) is 6.11. The lowest BCUT2D eigenvalue weighted by Crippen LogP contribution is -2.27. The van der Waals surface area contributed by atoms with Crippen LogP contribution in [0.1, 0.15) is 61.3 Å². The number of phenols is 2. The molecule has 9 nitrogen and oxygen atoms in total. The number of hydrogen-bond acceptors (Lipinski definition) is 6. The normalized spacial score (nSPS) is 13.7. The molecule has 0 saturated carbocycles. The highest BCUT2D eigenvalue weighted by Crippen LogP contribution is 2.39. The summed E-state index contributed by atoms with van der Waals surface area (Å²) in [5.41, 5.74) is 3.36. The number of nitrogens with one attached hydrogen (secondary N) is 1. The third-order valence-electron chi connectivity index (χ3n) is 6.11. The smallest absolute Gasteiger partial charge is 0.289 e. The van der Waals surface area contributed by atoms with E-state index >= 15 is 0 Å². The molecular weight excluding hydrogens is 434 g/mol. The Morgan fingerprint density at radius 3 is 2.59 bits per heavy atom. The standard InChI is InChI=1S/C25H29N5O4/c1-5-26-25(34)24-28-27-23(18-12-17(14(2)3)20(31)13-21(18)32)30(24)16-10-9-15-7-6-8-22(33)29(4)19(15)11-16/h9-14,31-32H,5-8H2,1-4H3,(H,26,34). The molecule has 0 atom stereocenters. The van der Waals surface area contributed by atoms with Gasteiger partial charge in [0.15, 0.2) is 5.82 Å². The number of aromatic hydroxyl groups is 2. The van der Waals surface area contributed by atoms with Crippen LogP contribution in [-0.4, -0.2) is 50.4 Å².